The van der Waals surface area contributed by atoms with Gasteiger partial charge < -0.3 is 15.1 Å². The third kappa shape index (κ3) is 4.13. The minimum atomic E-state index is -0.130. The maximum Gasteiger partial charge on any atom is 0.239 e. The number of rotatable bonds is 5. The Kier molecular flexibility index (Phi) is 4.63. The number of carbonyl (C=O) groups excluding carboxylic acids is 1. The van der Waals surface area contributed by atoms with Gasteiger partial charge in [0.1, 0.15) is 5.76 Å². The van der Waals surface area contributed by atoms with E-state index in [1.165, 1.54) is 0 Å². The van der Waals surface area contributed by atoms with Crippen LogP contribution < -0.4 is 10.6 Å². The van der Waals surface area contributed by atoms with Crippen molar-refractivity contribution in [3.63, 3.8) is 0 Å². The largest absolute Gasteiger partial charge is 0.467 e. The predicted molar refractivity (Wildman–Crippen MR) is 77.9 cm³/mol. The minimum Gasteiger partial charge on any atom is -0.467 e. The van der Waals surface area contributed by atoms with Crippen LogP contribution in [0.4, 0.5) is 5.69 Å². The number of carbonyl (C=O) groups is 1. The first-order chi connectivity index (χ1) is 9.15. The van der Waals surface area contributed by atoms with E-state index < -0.39 is 0 Å². The molecule has 1 atom stereocenters. The number of benzene rings is 1. The van der Waals surface area contributed by atoms with E-state index in [4.69, 9.17) is 4.42 Å². The summed E-state index contributed by atoms with van der Waals surface area (Å²) in [5.74, 6) is 0.670. The molecular formula is C14H15BrN2O2. The van der Waals surface area contributed by atoms with E-state index in [1.807, 2.05) is 37.3 Å². The van der Waals surface area contributed by atoms with Crippen molar-refractivity contribution < 1.29 is 9.21 Å². The van der Waals surface area contributed by atoms with Gasteiger partial charge in [-0.1, -0.05) is 15.9 Å². The third-order valence-electron chi connectivity index (χ3n) is 2.64. The second-order valence-electron chi connectivity index (χ2n) is 4.17. The van der Waals surface area contributed by atoms with Crippen LogP contribution in [0.25, 0.3) is 0 Å². The quantitative estimate of drug-likeness (QED) is 0.887. The van der Waals surface area contributed by atoms with E-state index in [2.05, 4.69) is 26.6 Å². The summed E-state index contributed by atoms with van der Waals surface area (Å²) >= 11 is 3.36. The van der Waals surface area contributed by atoms with Crippen LogP contribution in [0.5, 0.6) is 0 Å². The first kappa shape index (κ1) is 13.7. The molecule has 0 fully saturated rings. The molecular weight excluding hydrogens is 308 g/mol. The van der Waals surface area contributed by atoms with Crippen molar-refractivity contribution in [2.75, 3.05) is 11.9 Å². The molecule has 19 heavy (non-hydrogen) atoms. The van der Waals surface area contributed by atoms with Crippen molar-refractivity contribution in [2.24, 2.45) is 0 Å². The summed E-state index contributed by atoms with van der Waals surface area (Å²) in [7, 11) is 0. The van der Waals surface area contributed by atoms with Crippen molar-refractivity contribution in [1.29, 1.82) is 0 Å². The fourth-order valence-corrected chi connectivity index (χ4v) is 1.92. The van der Waals surface area contributed by atoms with Gasteiger partial charge in [0.05, 0.1) is 18.8 Å². The maximum atomic E-state index is 11.8. The fourth-order valence-electron chi connectivity index (χ4n) is 1.65. The van der Waals surface area contributed by atoms with E-state index in [0.717, 1.165) is 15.9 Å². The molecule has 0 bridgehead atoms. The summed E-state index contributed by atoms with van der Waals surface area (Å²) < 4.78 is 6.24. The van der Waals surface area contributed by atoms with E-state index in [9.17, 15) is 4.79 Å². The highest BCUT2D eigenvalue weighted by Crippen LogP contribution is 2.14. The Hall–Kier alpha value is -1.75. The smallest absolute Gasteiger partial charge is 0.239 e. The van der Waals surface area contributed by atoms with Gasteiger partial charge in [0, 0.05) is 10.2 Å². The number of halogens is 1. The second kappa shape index (κ2) is 6.43. The lowest BCUT2D eigenvalue weighted by Crippen LogP contribution is -2.31. The second-order valence-corrected chi connectivity index (χ2v) is 5.08. The summed E-state index contributed by atoms with van der Waals surface area (Å²) in [6.07, 6.45) is 1.60. The average Bonchev–Trinajstić information content (AvgIpc) is 2.92. The Morgan fingerprint density at radius 3 is 2.68 bits per heavy atom. The Morgan fingerprint density at radius 1 is 1.32 bits per heavy atom. The number of anilines is 1. The Labute approximate surface area is 120 Å². The molecule has 1 aromatic carbocycles. The van der Waals surface area contributed by atoms with Gasteiger partial charge in [0.2, 0.25) is 5.91 Å². The normalized spacial score (nSPS) is 11.9. The third-order valence-corrected chi connectivity index (χ3v) is 3.17. The standard InChI is InChI=1S/C14H15BrN2O2/c1-10(13-3-2-8-19-13)17-14(18)9-16-12-6-4-11(15)5-7-12/h2-8,10,16H,9H2,1H3,(H,17,18). The molecule has 1 unspecified atom stereocenters. The number of amides is 1. The predicted octanol–water partition coefficient (Wildman–Crippen LogP) is 3.33. The summed E-state index contributed by atoms with van der Waals surface area (Å²) in [5, 5.41) is 5.92. The molecule has 0 saturated heterocycles. The molecule has 0 radical (unpaired) electrons. The number of nitrogens with one attached hydrogen (secondary N) is 2. The number of hydrogen-bond acceptors (Lipinski definition) is 3. The molecule has 5 heteroatoms. The van der Waals surface area contributed by atoms with Crippen LogP contribution in [0.3, 0.4) is 0 Å². The zero-order valence-electron chi connectivity index (χ0n) is 10.5. The van der Waals surface area contributed by atoms with Crippen molar-refractivity contribution in [2.45, 2.75) is 13.0 Å². The molecule has 100 valence electrons. The highest BCUT2D eigenvalue weighted by Gasteiger charge is 2.11. The van der Waals surface area contributed by atoms with Crippen LogP contribution in [0.2, 0.25) is 0 Å². The Balaban J connectivity index is 1.80. The average molecular weight is 323 g/mol. The molecule has 1 heterocycles. The highest BCUT2D eigenvalue weighted by atomic mass is 79.9. The van der Waals surface area contributed by atoms with E-state index in [1.54, 1.807) is 12.3 Å². The molecule has 2 N–H and O–H groups in total. The van der Waals surface area contributed by atoms with Crippen LogP contribution in [-0.4, -0.2) is 12.5 Å². The topological polar surface area (TPSA) is 54.3 Å². The lowest BCUT2D eigenvalue weighted by molar-refractivity contribution is -0.120. The fraction of sp³-hybridized carbons (Fsp3) is 0.214. The molecule has 4 nitrogen and oxygen atoms in total. The number of hydrogen-bond donors (Lipinski definition) is 2. The minimum absolute atomic E-state index is 0.0770. The van der Waals surface area contributed by atoms with Gasteiger partial charge in [0.15, 0.2) is 0 Å². The van der Waals surface area contributed by atoms with E-state index in [-0.39, 0.29) is 18.5 Å². The first-order valence-corrected chi connectivity index (χ1v) is 6.76. The maximum absolute atomic E-state index is 11.8. The van der Waals surface area contributed by atoms with E-state index >= 15 is 0 Å². The van der Waals surface area contributed by atoms with Crippen LogP contribution in [0.15, 0.2) is 51.6 Å². The van der Waals surface area contributed by atoms with Crippen LogP contribution in [-0.2, 0) is 4.79 Å². The summed E-state index contributed by atoms with van der Waals surface area (Å²) in [6, 6.07) is 11.2. The van der Waals surface area contributed by atoms with Crippen LogP contribution in [0.1, 0.15) is 18.7 Å². The molecule has 0 aliphatic carbocycles. The van der Waals surface area contributed by atoms with Crippen molar-refractivity contribution in [3.05, 3.63) is 52.9 Å². The zero-order valence-corrected chi connectivity index (χ0v) is 12.1. The Morgan fingerprint density at radius 2 is 2.05 bits per heavy atom. The van der Waals surface area contributed by atoms with Crippen LogP contribution >= 0.6 is 15.9 Å². The highest BCUT2D eigenvalue weighted by molar-refractivity contribution is 9.10. The molecule has 2 aromatic rings. The lowest BCUT2D eigenvalue weighted by atomic mass is 10.2. The lowest BCUT2D eigenvalue weighted by Gasteiger charge is -2.12. The number of furan rings is 1. The molecule has 0 aliphatic rings. The van der Waals surface area contributed by atoms with Gasteiger partial charge in [-0.05, 0) is 43.3 Å². The van der Waals surface area contributed by atoms with Gasteiger partial charge in [-0.2, -0.15) is 0 Å². The zero-order chi connectivity index (χ0) is 13.7. The molecule has 1 amide bonds. The first-order valence-electron chi connectivity index (χ1n) is 5.97. The van der Waals surface area contributed by atoms with Gasteiger partial charge in [0.25, 0.3) is 0 Å². The van der Waals surface area contributed by atoms with Gasteiger partial charge in [-0.3, -0.25) is 4.79 Å². The summed E-state index contributed by atoms with van der Waals surface area (Å²) in [5.41, 5.74) is 0.906. The van der Waals surface area contributed by atoms with E-state index in [0.29, 0.717) is 0 Å². The molecule has 2 rings (SSSR count). The Bertz CT molecular complexity index is 523. The molecule has 1 aromatic heterocycles. The molecule has 0 aliphatic heterocycles. The van der Waals surface area contributed by atoms with Gasteiger partial charge >= 0.3 is 0 Å². The monoisotopic (exact) mass is 322 g/mol. The van der Waals surface area contributed by atoms with Gasteiger partial charge in [-0.25, -0.2) is 0 Å². The van der Waals surface area contributed by atoms with Gasteiger partial charge in [-0.15, -0.1) is 0 Å². The van der Waals surface area contributed by atoms with Crippen molar-refractivity contribution in [1.82, 2.24) is 5.32 Å². The summed E-state index contributed by atoms with van der Waals surface area (Å²) in [6.45, 7) is 2.11. The SMILES string of the molecule is CC(NC(=O)CNc1ccc(Br)cc1)c1ccco1. The molecule has 0 spiro atoms. The van der Waals surface area contributed by atoms with Crippen LogP contribution in [0, 0.1) is 0 Å². The molecule has 0 saturated carbocycles. The van der Waals surface area contributed by atoms with Crippen molar-refractivity contribution >= 4 is 27.5 Å². The summed E-state index contributed by atoms with van der Waals surface area (Å²) in [4.78, 5) is 11.8. The van der Waals surface area contributed by atoms with Crippen molar-refractivity contribution in [3.8, 4) is 0 Å².